The van der Waals surface area contributed by atoms with Crippen LogP contribution in [0.3, 0.4) is 0 Å². The highest BCUT2D eigenvalue weighted by atomic mass is 35.5. The summed E-state index contributed by atoms with van der Waals surface area (Å²) in [5.41, 5.74) is 5.86. The fourth-order valence-corrected chi connectivity index (χ4v) is 3.87. The van der Waals surface area contributed by atoms with Crippen LogP contribution in [0.5, 0.6) is 0 Å². The molecule has 166 valence electrons. The summed E-state index contributed by atoms with van der Waals surface area (Å²) in [5.74, 6) is 0.0337. The first-order valence-corrected chi connectivity index (χ1v) is 11.3. The summed E-state index contributed by atoms with van der Waals surface area (Å²) in [6.45, 7) is 2.02. The molecule has 0 fully saturated rings. The van der Waals surface area contributed by atoms with Crippen molar-refractivity contribution in [2.24, 2.45) is 5.10 Å². The zero-order valence-corrected chi connectivity index (χ0v) is 19.1. The van der Waals surface area contributed by atoms with Crippen molar-refractivity contribution in [3.05, 3.63) is 94.8 Å². The van der Waals surface area contributed by atoms with Gasteiger partial charge in [0.25, 0.3) is 5.91 Å². The minimum absolute atomic E-state index is 0.0696. The molecular formula is C24H19ClFN5OS. The van der Waals surface area contributed by atoms with E-state index in [0.29, 0.717) is 21.6 Å². The number of aryl methyl sites for hydroxylation is 1. The highest BCUT2D eigenvalue weighted by molar-refractivity contribution is 7.99. The van der Waals surface area contributed by atoms with Crippen molar-refractivity contribution >= 4 is 35.5 Å². The Morgan fingerprint density at radius 1 is 1.12 bits per heavy atom. The molecule has 9 heteroatoms. The van der Waals surface area contributed by atoms with E-state index in [9.17, 15) is 9.18 Å². The topological polar surface area (TPSA) is 72.2 Å². The standard InChI is InChI=1S/C24H19ClFN5OS/c1-16-5-7-18(8-6-16)23-29-30-24(31(23)21-11-9-19(25)10-12-21)33-15-22(32)28-27-14-17-3-2-4-20(26)13-17/h2-14H,15H2,1H3,(H,28,32)/b27-14-. The summed E-state index contributed by atoms with van der Waals surface area (Å²) in [7, 11) is 0. The van der Waals surface area contributed by atoms with Crippen molar-refractivity contribution in [3.8, 4) is 17.1 Å². The van der Waals surface area contributed by atoms with Crippen LogP contribution in [0.2, 0.25) is 5.02 Å². The number of carbonyl (C=O) groups excluding carboxylic acids is 1. The summed E-state index contributed by atoms with van der Waals surface area (Å²) >= 11 is 7.29. The summed E-state index contributed by atoms with van der Waals surface area (Å²) in [5, 5.41) is 13.7. The maximum Gasteiger partial charge on any atom is 0.250 e. The molecule has 33 heavy (non-hydrogen) atoms. The third-order valence-corrected chi connectivity index (χ3v) is 5.79. The molecule has 0 unspecified atom stereocenters. The molecule has 0 saturated carbocycles. The average Bonchev–Trinajstić information content (AvgIpc) is 3.23. The van der Waals surface area contributed by atoms with Crippen molar-refractivity contribution in [3.63, 3.8) is 0 Å². The Kier molecular flexibility index (Phi) is 7.16. The lowest BCUT2D eigenvalue weighted by molar-refractivity contribution is -0.118. The van der Waals surface area contributed by atoms with Crippen LogP contribution in [0.1, 0.15) is 11.1 Å². The molecule has 0 spiro atoms. The molecule has 3 aromatic carbocycles. The zero-order chi connectivity index (χ0) is 23.2. The van der Waals surface area contributed by atoms with E-state index >= 15 is 0 Å². The number of nitrogens with zero attached hydrogens (tertiary/aromatic N) is 4. The van der Waals surface area contributed by atoms with Crippen LogP contribution in [-0.2, 0) is 4.79 Å². The summed E-state index contributed by atoms with van der Waals surface area (Å²) < 4.78 is 15.1. The van der Waals surface area contributed by atoms with Gasteiger partial charge in [0.05, 0.1) is 12.0 Å². The number of rotatable bonds is 7. The van der Waals surface area contributed by atoms with Gasteiger partial charge < -0.3 is 0 Å². The van der Waals surface area contributed by atoms with E-state index in [1.165, 1.54) is 30.1 Å². The van der Waals surface area contributed by atoms with Gasteiger partial charge in [-0.25, -0.2) is 9.82 Å². The third kappa shape index (κ3) is 5.85. The van der Waals surface area contributed by atoms with Gasteiger partial charge in [0.15, 0.2) is 11.0 Å². The Bertz CT molecular complexity index is 1290. The molecule has 0 aliphatic heterocycles. The smallest absolute Gasteiger partial charge is 0.250 e. The largest absolute Gasteiger partial charge is 0.272 e. The molecule has 0 bridgehead atoms. The number of hydrogen-bond acceptors (Lipinski definition) is 5. The molecule has 4 aromatic rings. The van der Waals surface area contributed by atoms with Crippen LogP contribution in [0, 0.1) is 12.7 Å². The van der Waals surface area contributed by atoms with Gasteiger partial charge in [0.2, 0.25) is 0 Å². The Morgan fingerprint density at radius 3 is 2.61 bits per heavy atom. The predicted octanol–water partition coefficient (Wildman–Crippen LogP) is 5.28. The van der Waals surface area contributed by atoms with Gasteiger partial charge in [-0.2, -0.15) is 5.10 Å². The maximum absolute atomic E-state index is 13.2. The molecule has 0 radical (unpaired) electrons. The van der Waals surface area contributed by atoms with Crippen LogP contribution in [-0.4, -0.2) is 32.6 Å². The summed E-state index contributed by atoms with van der Waals surface area (Å²) in [6, 6.07) is 21.2. The number of aromatic nitrogens is 3. The second kappa shape index (κ2) is 10.4. The highest BCUT2D eigenvalue weighted by Gasteiger charge is 2.17. The van der Waals surface area contributed by atoms with Crippen molar-refractivity contribution in [2.45, 2.75) is 12.1 Å². The molecular weight excluding hydrogens is 461 g/mol. The van der Waals surface area contributed by atoms with Gasteiger partial charge in [-0.1, -0.05) is 65.3 Å². The monoisotopic (exact) mass is 479 g/mol. The fraction of sp³-hybridized carbons (Fsp3) is 0.0833. The number of halogens is 2. The van der Waals surface area contributed by atoms with E-state index in [0.717, 1.165) is 16.8 Å². The molecule has 0 atom stereocenters. The molecule has 0 aliphatic carbocycles. The Balaban J connectivity index is 1.51. The van der Waals surface area contributed by atoms with E-state index in [1.54, 1.807) is 24.3 Å². The van der Waals surface area contributed by atoms with Gasteiger partial charge in [0, 0.05) is 16.3 Å². The minimum atomic E-state index is -0.369. The van der Waals surface area contributed by atoms with Crippen LogP contribution < -0.4 is 5.43 Å². The fourth-order valence-electron chi connectivity index (χ4n) is 3.00. The number of benzene rings is 3. The van der Waals surface area contributed by atoms with E-state index < -0.39 is 0 Å². The summed E-state index contributed by atoms with van der Waals surface area (Å²) in [4.78, 5) is 12.3. The quantitative estimate of drug-likeness (QED) is 0.222. The number of carbonyl (C=O) groups is 1. The number of amides is 1. The molecule has 6 nitrogen and oxygen atoms in total. The highest BCUT2D eigenvalue weighted by Crippen LogP contribution is 2.28. The van der Waals surface area contributed by atoms with Crippen LogP contribution in [0.15, 0.2) is 83.1 Å². The predicted molar refractivity (Wildman–Crippen MR) is 129 cm³/mol. The van der Waals surface area contributed by atoms with E-state index in [4.69, 9.17) is 11.6 Å². The number of thioether (sulfide) groups is 1. The first-order valence-electron chi connectivity index (χ1n) is 9.98. The molecule has 1 N–H and O–H groups in total. The maximum atomic E-state index is 13.2. The normalized spacial score (nSPS) is 11.1. The number of nitrogens with one attached hydrogen (secondary N) is 1. The SMILES string of the molecule is Cc1ccc(-c2nnc(SCC(=O)N/N=C\c3cccc(F)c3)n2-c2ccc(Cl)cc2)cc1. The molecule has 1 heterocycles. The first kappa shape index (κ1) is 22.7. The zero-order valence-electron chi connectivity index (χ0n) is 17.6. The van der Waals surface area contributed by atoms with Crippen molar-refractivity contribution < 1.29 is 9.18 Å². The van der Waals surface area contributed by atoms with Crippen LogP contribution >= 0.6 is 23.4 Å². The molecule has 1 amide bonds. The third-order valence-electron chi connectivity index (χ3n) is 4.61. The lowest BCUT2D eigenvalue weighted by atomic mass is 10.1. The minimum Gasteiger partial charge on any atom is -0.272 e. The molecule has 1 aromatic heterocycles. The second-order valence-corrected chi connectivity index (χ2v) is 8.50. The van der Waals surface area contributed by atoms with Crippen molar-refractivity contribution in [1.82, 2.24) is 20.2 Å². The Morgan fingerprint density at radius 2 is 1.88 bits per heavy atom. The molecule has 0 saturated heterocycles. The Labute approximate surface area is 199 Å². The lowest BCUT2D eigenvalue weighted by Gasteiger charge is -2.10. The molecule has 4 rings (SSSR count). The number of hydrogen-bond donors (Lipinski definition) is 1. The van der Waals surface area contributed by atoms with Crippen molar-refractivity contribution in [1.29, 1.82) is 0 Å². The van der Waals surface area contributed by atoms with Crippen LogP contribution in [0.25, 0.3) is 17.1 Å². The van der Waals surface area contributed by atoms with Gasteiger partial charge >= 0.3 is 0 Å². The van der Waals surface area contributed by atoms with Gasteiger partial charge in [0.1, 0.15) is 5.82 Å². The van der Waals surface area contributed by atoms with Gasteiger partial charge in [-0.15, -0.1) is 10.2 Å². The lowest BCUT2D eigenvalue weighted by Crippen LogP contribution is -2.20. The molecule has 0 aliphatic rings. The Hall–Kier alpha value is -3.49. The van der Waals surface area contributed by atoms with Gasteiger partial charge in [-0.3, -0.25) is 9.36 Å². The first-order chi connectivity index (χ1) is 16.0. The van der Waals surface area contributed by atoms with Gasteiger partial charge in [-0.05, 0) is 48.9 Å². The van der Waals surface area contributed by atoms with Crippen LogP contribution in [0.4, 0.5) is 4.39 Å². The number of hydrazone groups is 1. The van der Waals surface area contributed by atoms with E-state index in [1.807, 2.05) is 47.9 Å². The summed E-state index contributed by atoms with van der Waals surface area (Å²) in [6.07, 6.45) is 1.39. The van der Waals surface area contributed by atoms with E-state index in [2.05, 4.69) is 20.7 Å². The second-order valence-electron chi connectivity index (χ2n) is 7.12. The average molecular weight is 480 g/mol. The van der Waals surface area contributed by atoms with Crippen molar-refractivity contribution in [2.75, 3.05) is 5.75 Å². The van der Waals surface area contributed by atoms with E-state index in [-0.39, 0.29) is 17.5 Å².